The first-order valence-electron chi connectivity index (χ1n) is 13.0. The van der Waals surface area contributed by atoms with Crippen LogP contribution in [0.4, 0.5) is 4.39 Å². The topological polar surface area (TPSA) is 87.1 Å². The van der Waals surface area contributed by atoms with Gasteiger partial charge in [0.25, 0.3) is 0 Å². The van der Waals surface area contributed by atoms with Crippen molar-refractivity contribution in [1.82, 2.24) is 5.06 Å². The van der Waals surface area contributed by atoms with E-state index in [2.05, 4.69) is 6.07 Å². The summed E-state index contributed by atoms with van der Waals surface area (Å²) in [6.45, 7) is 6.60. The molecule has 3 saturated carbocycles. The number of fused-ring (bicyclic) bond motifs is 7. The lowest BCUT2D eigenvalue weighted by molar-refractivity contribution is -0.274. The highest BCUT2D eigenvalue weighted by Crippen LogP contribution is 2.72. The lowest BCUT2D eigenvalue weighted by Gasteiger charge is -2.62. The standard InChI is InChI=1S/C29H34FNO5/c1-17-5-4-6-18(11-17)15-31-16-20-13-23-22-8-7-19-12-21(32)9-10-26(19,2)28(22,30)24(33)14-27(23,3)29(20,36-31)25(34)35/h4-6,9-12,20,22-24,33H,7-8,13-16H2,1-3H3,(H,34,35)/t20-,22-,23-,24-,26-,27-,28-,29-/m0/s1. The fourth-order valence-electron chi connectivity index (χ4n) is 8.80. The summed E-state index contributed by atoms with van der Waals surface area (Å²) < 4.78 is 17.3. The number of alkyl halides is 1. The molecule has 0 aromatic heterocycles. The molecule has 6 rings (SSSR count). The zero-order valence-electron chi connectivity index (χ0n) is 21.0. The van der Waals surface area contributed by atoms with Gasteiger partial charge in [-0.25, -0.2) is 9.18 Å². The predicted molar refractivity (Wildman–Crippen MR) is 130 cm³/mol. The number of carboxylic acids is 1. The maximum absolute atomic E-state index is 17.3. The van der Waals surface area contributed by atoms with Gasteiger partial charge >= 0.3 is 5.97 Å². The van der Waals surface area contributed by atoms with Crippen LogP contribution in [0.2, 0.25) is 0 Å². The van der Waals surface area contributed by atoms with Gasteiger partial charge in [0.1, 0.15) is 0 Å². The van der Waals surface area contributed by atoms with E-state index in [1.165, 1.54) is 12.2 Å². The van der Waals surface area contributed by atoms with E-state index in [0.29, 0.717) is 32.4 Å². The average Bonchev–Trinajstić information content (AvgIpc) is 3.28. The Bertz CT molecular complexity index is 1210. The second kappa shape index (κ2) is 7.59. The number of hydrogen-bond donors (Lipinski definition) is 2. The van der Waals surface area contributed by atoms with Gasteiger partial charge in [-0.15, -0.1) is 0 Å². The van der Waals surface area contributed by atoms with Gasteiger partial charge in [0.2, 0.25) is 0 Å². The van der Waals surface area contributed by atoms with Crippen molar-refractivity contribution in [2.75, 3.05) is 6.54 Å². The van der Waals surface area contributed by atoms with Crippen LogP contribution >= 0.6 is 0 Å². The van der Waals surface area contributed by atoms with E-state index in [0.717, 1.165) is 16.7 Å². The fourth-order valence-corrected chi connectivity index (χ4v) is 8.80. The van der Waals surface area contributed by atoms with E-state index in [-0.39, 0.29) is 24.0 Å². The Morgan fingerprint density at radius 3 is 2.78 bits per heavy atom. The van der Waals surface area contributed by atoms with E-state index >= 15 is 4.39 Å². The molecule has 0 amide bonds. The summed E-state index contributed by atoms with van der Waals surface area (Å²) in [5.74, 6) is -2.27. The number of hydroxylamine groups is 2. The van der Waals surface area contributed by atoms with E-state index in [9.17, 15) is 19.8 Å². The molecule has 1 aliphatic heterocycles. The summed E-state index contributed by atoms with van der Waals surface area (Å²) in [5, 5.41) is 23.9. The number of aryl methyl sites for hydroxylation is 1. The van der Waals surface area contributed by atoms with Crippen LogP contribution in [0.5, 0.6) is 0 Å². The molecular weight excluding hydrogens is 461 g/mol. The predicted octanol–water partition coefficient (Wildman–Crippen LogP) is 4.16. The number of hydrogen-bond acceptors (Lipinski definition) is 5. The number of aliphatic carboxylic acids is 1. The maximum atomic E-state index is 17.3. The van der Waals surface area contributed by atoms with Gasteiger partial charge in [-0.05, 0) is 63.2 Å². The molecular formula is C29H34FNO5. The van der Waals surface area contributed by atoms with E-state index < -0.39 is 40.1 Å². The van der Waals surface area contributed by atoms with Gasteiger partial charge < -0.3 is 10.2 Å². The number of halogens is 1. The van der Waals surface area contributed by atoms with Crippen LogP contribution in [0.15, 0.2) is 48.1 Å². The summed E-state index contributed by atoms with van der Waals surface area (Å²) in [6, 6.07) is 8.06. The molecule has 0 unspecified atom stereocenters. The summed E-state index contributed by atoms with van der Waals surface area (Å²) >= 11 is 0. The molecule has 0 radical (unpaired) electrons. The number of nitrogens with zero attached hydrogens (tertiary/aromatic N) is 1. The first-order valence-corrected chi connectivity index (χ1v) is 13.0. The number of carboxylic acid groups (broad SMARTS) is 1. The van der Waals surface area contributed by atoms with Gasteiger partial charge in [0.05, 0.1) is 6.10 Å². The summed E-state index contributed by atoms with van der Waals surface area (Å²) in [4.78, 5) is 31.4. The number of ketones is 1. The molecule has 6 nitrogen and oxygen atoms in total. The molecule has 4 fully saturated rings. The minimum absolute atomic E-state index is 0.00356. The zero-order chi connectivity index (χ0) is 25.7. The van der Waals surface area contributed by atoms with Crippen LogP contribution in [0.3, 0.4) is 0 Å². The third-order valence-electron chi connectivity index (χ3n) is 10.4. The number of rotatable bonds is 3. The summed E-state index contributed by atoms with van der Waals surface area (Å²) in [6.07, 6.45) is 4.75. The van der Waals surface area contributed by atoms with Crippen molar-refractivity contribution >= 4 is 11.8 Å². The average molecular weight is 496 g/mol. The Hall–Kier alpha value is -2.35. The number of aliphatic hydroxyl groups excluding tert-OH is 1. The van der Waals surface area contributed by atoms with Crippen molar-refractivity contribution in [3.05, 3.63) is 59.2 Å². The van der Waals surface area contributed by atoms with Crippen molar-refractivity contribution < 1.29 is 29.0 Å². The molecule has 7 heteroatoms. The molecule has 0 spiro atoms. The molecule has 2 N–H and O–H groups in total. The van der Waals surface area contributed by atoms with Gasteiger partial charge in [0, 0.05) is 35.8 Å². The second-order valence-corrected chi connectivity index (χ2v) is 12.1. The number of allylic oxidation sites excluding steroid dienone is 4. The van der Waals surface area contributed by atoms with Gasteiger partial charge in [0.15, 0.2) is 17.1 Å². The molecule has 1 saturated heterocycles. The Morgan fingerprint density at radius 1 is 1.28 bits per heavy atom. The van der Waals surface area contributed by atoms with Crippen molar-refractivity contribution in [3.8, 4) is 0 Å². The first kappa shape index (κ1) is 24.0. The highest BCUT2D eigenvalue weighted by atomic mass is 19.1. The minimum atomic E-state index is -1.97. The minimum Gasteiger partial charge on any atom is -0.479 e. The lowest BCUT2D eigenvalue weighted by Crippen LogP contribution is -2.69. The van der Waals surface area contributed by atoms with Crippen LogP contribution in [-0.2, 0) is 21.0 Å². The smallest absolute Gasteiger partial charge is 0.339 e. The third-order valence-corrected chi connectivity index (χ3v) is 10.4. The highest BCUT2D eigenvalue weighted by Gasteiger charge is 2.79. The second-order valence-electron chi connectivity index (χ2n) is 12.1. The number of aliphatic hydroxyl groups is 1. The number of benzene rings is 1. The van der Waals surface area contributed by atoms with E-state index in [1.807, 2.05) is 32.0 Å². The molecule has 1 aromatic rings. The molecule has 5 aliphatic rings. The van der Waals surface area contributed by atoms with Crippen LogP contribution in [0, 0.1) is 35.5 Å². The molecule has 1 aromatic carbocycles. The normalized spacial score (nSPS) is 45.5. The third kappa shape index (κ3) is 2.82. The van der Waals surface area contributed by atoms with Crippen molar-refractivity contribution in [3.63, 3.8) is 0 Å². The van der Waals surface area contributed by atoms with Crippen LogP contribution in [-0.4, -0.2) is 50.9 Å². The van der Waals surface area contributed by atoms with E-state index in [4.69, 9.17) is 4.84 Å². The van der Waals surface area contributed by atoms with Gasteiger partial charge in [-0.3, -0.25) is 9.63 Å². The molecule has 0 bridgehead atoms. The van der Waals surface area contributed by atoms with Crippen molar-refractivity contribution in [1.29, 1.82) is 0 Å². The van der Waals surface area contributed by atoms with Crippen LogP contribution in [0.1, 0.15) is 50.7 Å². The van der Waals surface area contributed by atoms with Gasteiger partial charge in [-0.1, -0.05) is 48.4 Å². The van der Waals surface area contributed by atoms with Gasteiger partial charge in [-0.2, -0.15) is 5.06 Å². The number of carbonyl (C=O) groups is 2. The Labute approximate surface area is 210 Å². The summed E-state index contributed by atoms with van der Waals surface area (Å²) in [7, 11) is 0. The Kier molecular flexibility index (Phi) is 5.06. The Morgan fingerprint density at radius 2 is 2.06 bits per heavy atom. The molecule has 4 aliphatic carbocycles. The maximum Gasteiger partial charge on any atom is 0.339 e. The van der Waals surface area contributed by atoms with Crippen LogP contribution in [0.25, 0.3) is 0 Å². The highest BCUT2D eigenvalue weighted by molar-refractivity contribution is 6.01. The zero-order valence-corrected chi connectivity index (χ0v) is 21.0. The molecule has 36 heavy (non-hydrogen) atoms. The van der Waals surface area contributed by atoms with Crippen molar-refractivity contribution in [2.24, 2.45) is 28.6 Å². The monoisotopic (exact) mass is 495 g/mol. The quantitative estimate of drug-likeness (QED) is 0.655. The Balaban J connectivity index is 1.37. The number of carbonyl (C=O) groups excluding carboxylic acids is 1. The largest absolute Gasteiger partial charge is 0.479 e. The fraction of sp³-hybridized carbons (Fsp3) is 0.586. The molecule has 1 heterocycles. The first-order chi connectivity index (χ1) is 17.0. The SMILES string of the molecule is Cc1cccc(CN2C[C@@H]3C[C@H]4[C@@H]5CCC6=CC(=O)C=C[C@]6(C)[C@@]5(F)[C@@H](O)C[C@]4(C)[C@]3(C(=O)O)O2)c1. The van der Waals surface area contributed by atoms with Crippen molar-refractivity contribution in [2.45, 2.75) is 70.4 Å². The molecule has 192 valence electrons. The molecule has 8 atom stereocenters. The van der Waals surface area contributed by atoms with E-state index in [1.54, 1.807) is 18.1 Å². The van der Waals surface area contributed by atoms with Crippen LogP contribution < -0.4 is 0 Å². The lowest BCUT2D eigenvalue weighted by atomic mass is 9.45. The summed E-state index contributed by atoms with van der Waals surface area (Å²) in [5.41, 5.74) is -2.62.